The fourth-order valence-electron chi connectivity index (χ4n) is 2.21. The molecule has 1 aromatic carbocycles. The number of ether oxygens (including phenoxy) is 4. The molecule has 0 saturated heterocycles. The van der Waals surface area contributed by atoms with Crippen molar-refractivity contribution in [1.29, 1.82) is 0 Å². The van der Waals surface area contributed by atoms with E-state index in [0.717, 1.165) is 5.56 Å². The molecular formula is C22H35NO6. The SMILES string of the molecule is CC(C)(C)OC(=O)NCCCOC(COCc1ccccc1)C(=O)OC(C)(C)C. The van der Waals surface area contributed by atoms with Crippen LogP contribution in [0.15, 0.2) is 30.3 Å². The topological polar surface area (TPSA) is 83.1 Å². The zero-order valence-electron chi connectivity index (χ0n) is 18.4. The summed E-state index contributed by atoms with van der Waals surface area (Å²) < 4.78 is 21.9. The Hall–Kier alpha value is -2.12. The quantitative estimate of drug-likeness (QED) is 0.467. The van der Waals surface area contributed by atoms with Crippen LogP contribution in [0, 0.1) is 0 Å². The summed E-state index contributed by atoms with van der Waals surface area (Å²) in [5, 5.41) is 2.66. The van der Waals surface area contributed by atoms with Gasteiger partial charge in [-0.2, -0.15) is 0 Å². The molecule has 0 aliphatic carbocycles. The molecule has 1 atom stereocenters. The molecular weight excluding hydrogens is 374 g/mol. The summed E-state index contributed by atoms with van der Waals surface area (Å²) in [5.74, 6) is -0.467. The minimum absolute atomic E-state index is 0.0866. The first-order valence-corrected chi connectivity index (χ1v) is 9.89. The van der Waals surface area contributed by atoms with Crippen molar-refractivity contribution in [2.45, 2.75) is 71.9 Å². The number of benzene rings is 1. The molecule has 1 aromatic rings. The number of hydrogen-bond acceptors (Lipinski definition) is 6. The van der Waals surface area contributed by atoms with Crippen LogP contribution in [-0.2, 0) is 30.3 Å². The summed E-state index contributed by atoms with van der Waals surface area (Å²) in [7, 11) is 0. The van der Waals surface area contributed by atoms with E-state index >= 15 is 0 Å². The molecule has 1 rings (SSSR count). The molecule has 1 amide bonds. The van der Waals surface area contributed by atoms with Crippen molar-refractivity contribution in [1.82, 2.24) is 5.32 Å². The van der Waals surface area contributed by atoms with Gasteiger partial charge in [-0.15, -0.1) is 0 Å². The second-order valence-corrected chi connectivity index (χ2v) is 8.68. The standard InChI is InChI=1S/C22H35NO6/c1-21(2,3)28-19(24)18(16-26-15-17-11-8-7-9-12-17)27-14-10-13-23-20(25)29-22(4,5)6/h7-9,11-12,18H,10,13-16H2,1-6H3,(H,23,25). The van der Waals surface area contributed by atoms with Crippen molar-refractivity contribution >= 4 is 12.1 Å². The Morgan fingerprint density at radius 3 is 2.17 bits per heavy atom. The number of carbonyl (C=O) groups excluding carboxylic acids is 2. The fourth-order valence-corrected chi connectivity index (χ4v) is 2.21. The van der Waals surface area contributed by atoms with Crippen molar-refractivity contribution in [3.63, 3.8) is 0 Å². The van der Waals surface area contributed by atoms with Gasteiger partial charge >= 0.3 is 12.1 Å². The predicted octanol–water partition coefficient (Wildman–Crippen LogP) is 3.84. The molecule has 7 nitrogen and oxygen atoms in total. The largest absolute Gasteiger partial charge is 0.458 e. The number of carbonyl (C=O) groups is 2. The van der Waals surface area contributed by atoms with E-state index < -0.39 is 29.4 Å². The van der Waals surface area contributed by atoms with Gasteiger partial charge in [0.15, 0.2) is 6.10 Å². The molecule has 0 spiro atoms. The van der Waals surface area contributed by atoms with Crippen LogP contribution in [0.3, 0.4) is 0 Å². The summed E-state index contributed by atoms with van der Waals surface area (Å²) in [5.41, 5.74) is -0.147. The number of esters is 1. The second kappa shape index (κ2) is 11.8. The zero-order valence-corrected chi connectivity index (χ0v) is 18.4. The van der Waals surface area contributed by atoms with Gasteiger partial charge < -0.3 is 24.3 Å². The Morgan fingerprint density at radius 1 is 0.966 bits per heavy atom. The fraction of sp³-hybridized carbons (Fsp3) is 0.636. The van der Waals surface area contributed by atoms with Gasteiger partial charge in [0, 0.05) is 13.2 Å². The number of alkyl carbamates (subject to hydrolysis) is 1. The van der Waals surface area contributed by atoms with Gasteiger partial charge in [0.2, 0.25) is 0 Å². The van der Waals surface area contributed by atoms with Crippen LogP contribution in [0.2, 0.25) is 0 Å². The summed E-state index contributed by atoms with van der Waals surface area (Å²) in [6, 6.07) is 9.69. The van der Waals surface area contributed by atoms with E-state index in [1.165, 1.54) is 0 Å². The van der Waals surface area contributed by atoms with Crippen molar-refractivity contribution in [3.05, 3.63) is 35.9 Å². The minimum atomic E-state index is -0.834. The lowest BCUT2D eigenvalue weighted by Crippen LogP contribution is -2.37. The lowest BCUT2D eigenvalue weighted by atomic mass is 10.2. The zero-order chi connectivity index (χ0) is 21.9. The highest BCUT2D eigenvalue weighted by atomic mass is 16.6. The normalized spacial score (nSPS) is 12.9. The highest BCUT2D eigenvalue weighted by molar-refractivity contribution is 5.75. The van der Waals surface area contributed by atoms with E-state index in [9.17, 15) is 9.59 Å². The molecule has 0 heterocycles. The lowest BCUT2D eigenvalue weighted by molar-refractivity contribution is -0.173. The number of rotatable bonds is 10. The van der Waals surface area contributed by atoms with Gasteiger partial charge in [-0.3, -0.25) is 0 Å². The molecule has 0 bridgehead atoms. The van der Waals surface area contributed by atoms with Crippen LogP contribution in [0.4, 0.5) is 4.79 Å². The van der Waals surface area contributed by atoms with Gasteiger partial charge in [-0.05, 0) is 53.5 Å². The van der Waals surface area contributed by atoms with Crippen LogP contribution < -0.4 is 5.32 Å². The van der Waals surface area contributed by atoms with Crippen LogP contribution in [-0.4, -0.2) is 49.1 Å². The lowest BCUT2D eigenvalue weighted by Gasteiger charge is -2.24. The molecule has 0 fully saturated rings. The smallest absolute Gasteiger partial charge is 0.407 e. The first kappa shape index (κ1) is 24.9. The Labute approximate surface area is 174 Å². The molecule has 164 valence electrons. The van der Waals surface area contributed by atoms with Crippen LogP contribution in [0.25, 0.3) is 0 Å². The van der Waals surface area contributed by atoms with Gasteiger partial charge in [0.1, 0.15) is 11.2 Å². The first-order valence-electron chi connectivity index (χ1n) is 9.89. The molecule has 0 saturated carbocycles. The Bertz CT molecular complexity index is 618. The highest BCUT2D eigenvalue weighted by Gasteiger charge is 2.26. The summed E-state index contributed by atoms with van der Waals surface area (Å²) in [4.78, 5) is 24.0. The Balaban J connectivity index is 2.43. The first-order chi connectivity index (χ1) is 13.5. The highest BCUT2D eigenvalue weighted by Crippen LogP contribution is 2.11. The molecule has 0 radical (unpaired) electrons. The van der Waals surface area contributed by atoms with Gasteiger partial charge in [0.05, 0.1) is 13.2 Å². The van der Waals surface area contributed by atoms with Crippen molar-refractivity contribution in [2.75, 3.05) is 19.8 Å². The molecule has 0 aliphatic heterocycles. The third-order valence-corrected chi connectivity index (χ3v) is 3.36. The maximum absolute atomic E-state index is 12.4. The van der Waals surface area contributed by atoms with Crippen molar-refractivity contribution in [2.24, 2.45) is 0 Å². The van der Waals surface area contributed by atoms with E-state index in [4.69, 9.17) is 18.9 Å². The predicted molar refractivity (Wildman–Crippen MR) is 111 cm³/mol. The maximum Gasteiger partial charge on any atom is 0.407 e. The molecule has 1 N–H and O–H groups in total. The molecule has 7 heteroatoms. The number of nitrogens with one attached hydrogen (secondary N) is 1. The van der Waals surface area contributed by atoms with E-state index in [0.29, 0.717) is 19.6 Å². The third-order valence-electron chi connectivity index (χ3n) is 3.36. The van der Waals surface area contributed by atoms with Crippen molar-refractivity contribution < 1.29 is 28.5 Å². The van der Waals surface area contributed by atoms with Crippen LogP contribution in [0.1, 0.15) is 53.5 Å². The van der Waals surface area contributed by atoms with E-state index in [1.54, 1.807) is 41.5 Å². The molecule has 29 heavy (non-hydrogen) atoms. The van der Waals surface area contributed by atoms with E-state index in [2.05, 4.69) is 5.32 Å². The summed E-state index contributed by atoms with van der Waals surface area (Å²) in [6.45, 7) is 11.9. The molecule has 0 aromatic heterocycles. The van der Waals surface area contributed by atoms with Gasteiger partial charge in [0.25, 0.3) is 0 Å². The number of amides is 1. The Morgan fingerprint density at radius 2 is 1.59 bits per heavy atom. The van der Waals surface area contributed by atoms with E-state index in [1.807, 2.05) is 30.3 Å². The summed E-state index contributed by atoms with van der Waals surface area (Å²) >= 11 is 0. The van der Waals surface area contributed by atoms with Gasteiger partial charge in [-0.25, -0.2) is 9.59 Å². The van der Waals surface area contributed by atoms with Crippen LogP contribution >= 0.6 is 0 Å². The average Bonchev–Trinajstić information content (AvgIpc) is 2.57. The van der Waals surface area contributed by atoms with Crippen LogP contribution in [0.5, 0.6) is 0 Å². The maximum atomic E-state index is 12.4. The molecule has 0 aliphatic rings. The van der Waals surface area contributed by atoms with Gasteiger partial charge in [-0.1, -0.05) is 30.3 Å². The average molecular weight is 410 g/mol. The number of hydrogen-bond donors (Lipinski definition) is 1. The van der Waals surface area contributed by atoms with Crippen molar-refractivity contribution in [3.8, 4) is 0 Å². The van der Waals surface area contributed by atoms with E-state index in [-0.39, 0.29) is 13.2 Å². The monoisotopic (exact) mass is 409 g/mol. The third kappa shape index (κ3) is 12.9. The molecule has 1 unspecified atom stereocenters. The Kier molecular flexibility index (Phi) is 10.1. The minimum Gasteiger partial charge on any atom is -0.458 e. The summed E-state index contributed by atoms with van der Waals surface area (Å²) in [6.07, 6.45) is -0.788. The second-order valence-electron chi connectivity index (χ2n) is 8.68.